The fourth-order valence-corrected chi connectivity index (χ4v) is 5.34. The molecule has 1 fully saturated rings. The summed E-state index contributed by atoms with van der Waals surface area (Å²) in [6, 6.07) is 5.79. The molecule has 1 amide bonds. The third kappa shape index (κ3) is 3.90. The zero-order valence-electron chi connectivity index (χ0n) is 19.7. The van der Waals surface area contributed by atoms with Gasteiger partial charge in [0.1, 0.15) is 17.5 Å². The number of alkyl halides is 3. The van der Waals surface area contributed by atoms with E-state index in [9.17, 15) is 26.7 Å². The number of hydrogen-bond acceptors (Lipinski definition) is 4. The highest BCUT2D eigenvalue weighted by atomic mass is 19.4. The van der Waals surface area contributed by atoms with Crippen LogP contribution in [0.3, 0.4) is 0 Å². The molecule has 0 aliphatic carbocycles. The zero-order chi connectivity index (χ0) is 26.0. The van der Waals surface area contributed by atoms with E-state index >= 15 is 0 Å². The molecule has 1 saturated heterocycles. The van der Waals surface area contributed by atoms with E-state index < -0.39 is 40.0 Å². The van der Waals surface area contributed by atoms with Gasteiger partial charge in [-0.2, -0.15) is 18.3 Å². The van der Waals surface area contributed by atoms with E-state index in [0.717, 1.165) is 24.2 Å². The summed E-state index contributed by atoms with van der Waals surface area (Å²) in [5.74, 6) is -2.34. The molecule has 3 aromatic rings. The van der Waals surface area contributed by atoms with Crippen LogP contribution in [0.5, 0.6) is 0 Å². The number of pyridine rings is 1. The molecule has 2 aliphatic rings. The van der Waals surface area contributed by atoms with E-state index in [2.05, 4.69) is 10.1 Å². The Kier molecular flexibility index (Phi) is 5.38. The number of benzene rings is 1. The van der Waals surface area contributed by atoms with Gasteiger partial charge in [-0.05, 0) is 56.5 Å². The average molecular weight is 505 g/mol. The second kappa shape index (κ2) is 8.01. The summed E-state index contributed by atoms with van der Waals surface area (Å²) in [6.07, 6.45) is -2.01. The molecule has 6 nitrogen and oxygen atoms in total. The molecule has 1 atom stereocenters. The minimum absolute atomic E-state index is 0.203. The fourth-order valence-electron chi connectivity index (χ4n) is 5.34. The smallest absolute Gasteiger partial charge is 0.383 e. The number of amides is 1. The molecule has 2 aromatic heterocycles. The van der Waals surface area contributed by atoms with Crippen molar-refractivity contribution in [1.82, 2.24) is 19.7 Å². The van der Waals surface area contributed by atoms with E-state index in [0.29, 0.717) is 31.7 Å². The number of carbonyl (C=O) groups excluding carboxylic acids is 1. The number of carbonyl (C=O) groups is 1. The van der Waals surface area contributed by atoms with Crippen molar-refractivity contribution < 1.29 is 26.7 Å². The number of halogens is 5. The van der Waals surface area contributed by atoms with Gasteiger partial charge >= 0.3 is 6.18 Å². The normalized spacial score (nSPS) is 19.8. The first-order chi connectivity index (χ1) is 16.8. The summed E-state index contributed by atoms with van der Waals surface area (Å²) < 4.78 is 69.3. The Morgan fingerprint density at radius 1 is 1.03 bits per heavy atom. The molecule has 190 valence electrons. The second-order valence-corrected chi connectivity index (χ2v) is 10.1. The minimum atomic E-state index is -4.64. The highest BCUT2D eigenvalue weighted by Gasteiger charge is 2.49. The van der Waals surface area contributed by atoms with E-state index in [1.807, 2.05) is 0 Å². The molecule has 0 saturated carbocycles. The van der Waals surface area contributed by atoms with Gasteiger partial charge < -0.3 is 10.6 Å². The molecule has 5 rings (SSSR count). The lowest BCUT2D eigenvalue weighted by molar-refractivity contribution is -0.137. The highest BCUT2D eigenvalue weighted by molar-refractivity contribution is 5.88. The van der Waals surface area contributed by atoms with Gasteiger partial charge in [-0.15, -0.1) is 0 Å². The molecule has 1 spiro atoms. The first-order valence-corrected chi connectivity index (χ1v) is 11.5. The number of rotatable bonds is 3. The van der Waals surface area contributed by atoms with E-state index in [4.69, 9.17) is 5.73 Å². The summed E-state index contributed by atoms with van der Waals surface area (Å²) >= 11 is 0. The highest BCUT2D eigenvalue weighted by Crippen LogP contribution is 2.45. The van der Waals surface area contributed by atoms with Crippen molar-refractivity contribution in [2.45, 2.75) is 50.2 Å². The SMILES string of the molecule is CC(C)(C(=O)N1CC[C@@]2(CCn3nc(-c4cnc(N)c(C(F)(F)F)c4)cc32)C1)c1cc(F)cc(F)c1. The summed E-state index contributed by atoms with van der Waals surface area (Å²) in [4.78, 5) is 18.9. The molecule has 0 radical (unpaired) electrons. The number of nitrogens with two attached hydrogens (primary N) is 1. The Balaban J connectivity index is 1.41. The Labute approximate surface area is 203 Å². The van der Waals surface area contributed by atoms with Crippen LogP contribution >= 0.6 is 0 Å². The van der Waals surface area contributed by atoms with Gasteiger partial charge in [0, 0.05) is 48.6 Å². The van der Waals surface area contributed by atoms with Crippen LogP contribution < -0.4 is 5.73 Å². The number of anilines is 1. The molecular formula is C25H24F5N5O. The summed E-state index contributed by atoms with van der Waals surface area (Å²) in [5, 5.41) is 4.50. The lowest BCUT2D eigenvalue weighted by Crippen LogP contribution is -2.43. The third-order valence-corrected chi connectivity index (χ3v) is 7.41. The van der Waals surface area contributed by atoms with Crippen molar-refractivity contribution in [3.8, 4) is 11.3 Å². The Morgan fingerprint density at radius 3 is 2.36 bits per heavy atom. The van der Waals surface area contributed by atoms with Crippen molar-refractivity contribution in [2.24, 2.45) is 0 Å². The molecule has 36 heavy (non-hydrogen) atoms. The van der Waals surface area contributed by atoms with Crippen LogP contribution in [0.1, 0.15) is 43.5 Å². The van der Waals surface area contributed by atoms with Crippen LogP contribution in [0.2, 0.25) is 0 Å². The molecular weight excluding hydrogens is 481 g/mol. The van der Waals surface area contributed by atoms with Gasteiger partial charge in [-0.25, -0.2) is 13.8 Å². The summed E-state index contributed by atoms with van der Waals surface area (Å²) in [7, 11) is 0. The van der Waals surface area contributed by atoms with Crippen LogP contribution in [-0.4, -0.2) is 38.7 Å². The molecule has 11 heteroatoms. The second-order valence-electron chi connectivity index (χ2n) is 10.1. The largest absolute Gasteiger partial charge is 0.419 e. The zero-order valence-corrected chi connectivity index (χ0v) is 19.7. The van der Waals surface area contributed by atoms with Gasteiger partial charge in [0.15, 0.2) is 0 Å². The molecule has 2 aliphatic heterocycles. The Bertz CT molecular complexity index is 1350. The van der Waals surface area contributed by atoms with Crippen molar-refractivity contribution in [2.75, 3.05) is 18.8 Å². The number of aromatic nitrogens is 3. The molecule has 4 heterocycles. The number of nitrogen functional groups attached to an aromatic ring is 1. The first kappa shape index (κ1) is 24.2. The van der Waals surface area contributed by atoms with Crippen molar-refractivity contribution in [3.05, 3.63) is 65.0 Å². The minimum Gasteiger partial charge on any atom is -0.383 e. The number of aryl methyl sites for hydroxylation is 1. The van der Waals surface area contributed by atoms with Crippen LogP contribution in [-0.2, 0) is 28.3 Å². The van der Waals surface area contributed by atoms with Crippen LogP contribution in [0.4, 0.5) is 27.8 Å². The van der Waals surface area contributed by atoms with Crippen LogP contribution in [0.15, 0.2) is 36.5 Å². The fraction of sp³-hybridized carbons (Fsp3) is 0.400. The topological polar surface area (TPSA) is 77.0 Å². The van der Waals surface area contributed by atoms with Gasteiger partial charge in [0.05, 0.1) is 16.7 Å². The average Bonchev–Trinajstić information content (AvgIpc) is 3.49. The first-order valence-electron chi connectivity index (χ1n) is 11.5. The lowest BCUT2D eigenvalue weighted by Gasteiger charge is -2.31. The Hall–Kier alpha value is -3.50. The number of nitrogens with zero attached hydrogens (tertiary/aromatic N) is 4. The van der Waals surface area contributed by atoms with Gasteiger partial charge in [-0.1, -0.05) is 0 Å². The molecule has 2 N–H and O–H groups in total. The summed E-state index contributed by atoms with van der Waals surface area (Å²) in [5.41, 5.74) is 4.49. The maximum Gasteiger partial charge on any atom is 0.419 e. The van der Waals surface area contributed by atoms with Gasteiger partial charge in [0.25, 0.3) is 0 Å². The van der Waals surface area contributed by atoms with Crippen molar-refractivity contribution in [3.63, 3.8) is 0 Å². The van der Waals surface area contributed by atoms with Gasteiger partial charge in [0.2, 0.25) is 5.91 Å². The standard InChI is InChI=1S/C25H24F5N5O/c1-23(2,15-8-16(26)10-17(27)9-15)22(36)34-5-3-24(13-34)4-6-35-20(24)11-19(33-35)14-7-18(25(28,29)30)21(31)32-12-14/h7-12H,3-6,13H2,1-2H3,(H2,31,32)/t24-/m1/s1. The molecule has 1 aromatic carbocycles. The van der Waals surface area contributed by atoms with Crippen LogP contribution in [0, 0.1) is 11.6 Å². The molecule has 0 unspecified atom stereocenters. The predicted octanol–water partition coefficient (Wildman–Crippen LogP) is 4.68. The van der Waals surface area contributed by atoms with E-state index in [1.165, 1.54) is 18.3 Å². The third-order valence-electron chi connectivity index (χ3n) is 7.41. The summed E-state index contributed by atoms with van der Waals surface area (Å²) in [6.45, 7) is 4.66. The predicted molar refractivity (Wildman–Crippen MR) is 122 cm³/mol. The van der Waals surface area contributed by atoms with E-state index in [1.54, 1.807) is 29.5 Å². The number of fused-ring (bicyclic) bond motifs is 2. The monoisotopic (exact) mass is 505 g/mol. The lowest BCUT2D eigenvalue weighted by atomic mass is 9.81. The van der Waals surface area contributed by atoms with Crippen LogP contribution in [0.25, 0.3) is 11.3 Å². The van der Waals surface area contributed by atoms with Gasteiger partial charge in [-0.3, -0.25) is 9.48 Å². The maximum atomic E-state index is 13.8. The number of likely N-dealkylation sites (tertiary alicyclic amines) is 1. The number of hydrogen-bond donors (Lipinski definition) is 1. The van der Waals surface area contributed by atoms with Crippen molar-refractivity contribution >= 4 is 11.7 Å². The quantitative estimate of drug-likeness (QED) is 0.525. The van der Waals surface area contributed by atoms with Crippen molar-refractivity contribution in [1.29, 1.82) is 0 Å². The molecule has 0 bridgehead atoms. The van der Waals surface area contributed by atoms with E-state index in [-0.39, 0.29) is 17.0 Å². The Morgan fingerprint density at radius 2 is 1.69 bits per heavy atom. The maximum absolute atomic E-state index is 13.8.